The lowest BCUT2D eigenvalue weighted by molar-refractivity contribution is -0.137. The third kappa shape index (κ3) is 1.86. The van der Waals surface area contributed by atoms with Gasteiger partial charge in [-0.15, -0.1) is 5.10 Å². The van der Waals surface area contributed by atoms with E-state index in [1.54, 1.807) is 0 Å². The molecule has 2 heterocycles. The molecular weight excluding hydrogens is 216 g/mol. The predicted octanol–water partition coefficient (Wildman–Crippen LogP) is 0.795. The molecule has 0 amide bonds. The van der Waals surface area contributed by atoms with Crippen LogP contribution in [0.25, 0.3) is 11.4 Å². The molecule has 0 saturated heterocycles. The van der Waals surface area contributed by atoms with Gasteiger partial charge in [-0.05, 0) is 28.3 Å². The van der Waals surface area contributed by atoms with Crippen molar-refractivity contribution in [2.75, 3.05) is 0 Å². The highest BCUT2D eigenvalue weighted by molar-refractivity contribution is 7.08. The van der Waals surface area contributed by atoms with E-state index in [0.717, 1.165) is 11.1 Å². The van der Waals surface area contributed by atoms with Crippen LogP contribution in [0, 0.1) is 6.92 Å². The summed E-state index contributed by atoms with van der Waals surface area (Å²) in [6.45, 7) is 1.71. The van der Waals surface area contributed by atoms with Crippen LogP contribution in [0.15, 0.2) is 10.8 Å². The number of carboxylic acid groups (broad SMARTS) is 1. The summed E-state index contributed by atoms with van der Waals surface area (Å²) >= 11 is 1.54. The number of carboxylic acids is 1. The summed E-state index contributed by atoms with van der Waals surface area (Å²) in [6.07, 6.45) is 0. The number of aryl methyl sites for hydroxylation is 1. The number of rotatable bonds is 3. The lowest BCUT2D eigenvalue weighted by atomic mass is 10.2. The average Bonchev–Trinajstić information content (AvgIpc) is 2.73. The van der Waals surface area contributed by atoms with Crippen molar-refractivity contribution >= 4 is 17.3 Å². The minimum absolute atomic E-state index is 0.225. The summed E-state index contributed by atoms with van der Waals surface area (Å²) in [5.41, 5.74) is 1.92. The zero-order valence-corrected chi connectivity index (χ0v) is 8.73. The van der Waals surface area contributed by atoms with Crippen LogP contribution >= 0.6 is 11.3 Å². The molecule has 2 rings (SSSR count). The SMILES string of the molecule is Cc1cscc1-c1nnnn1CC(=O)O. The second-order valence-corrected chi connectivity index (χ2v) is 3.77. The van der Waals surface area contributed by atoms with E-state index >= 15 is 0 Å². The molecule has 15 heavy (non-hydrogen) atoms. The normalized spacial score (nSPS) is 10.5. The maximum absolute atomic E-state index is 10.6. The van der Waals surface area contributed by atoms with Crippen molar-refractivity contribution in [2.45, 2.75) is 13.5 Å². The molecule has 0 bridgehead atoms. The zero-order chi connectivity index (χ0) is 10.8. The number of tetrazole rings is 1. The van der Waals surface area contributed by atoms with Crippen molar-refractivity contribution in [1.29, 1.82) is 0 Å². The van der Waals surface area contributed by atoms with E-state index in [2.05, 4.69) is 15.5 Å². The molecule has 0 saturated carbocycles. The third-order valence-electron chi connectivity index (χ3n) is 1.91. The van der Waals surface area contributed by atoms with Gasteiger partial charge in [0, 0.05) is 10.9 Å². The van der Waals surface area contributed by atoms with Gasteiger partial charge in [0.25, 0.3) is 0 Å². The number of carbonyl (C=O) groups is 1. The summed E-state index contributed by atoms with van der Waals surface area (Å²) in [5, 5.41) is 23.5. The molecule has 0 radical (unpaired) electrons. The van der Waals surface area contributed by atoms with E-state index in [1.807, 2.05) is 17.7 Å². The highest BCUT2D eigenvalue weighted by Gasteiger charge is 2.13. The van der Waals surface area contributed by atoms with Gasteiger partial charge in [-0.25, -0.2) is 4.68 Å². The molecule has 0 fully saturated rings. The Balaban J connectivity index is 2.41. The topological polar surface area (TPSA) is 80.9 Å². The molecule has 0 atom stereocenters. The molecule has 0 spiro atoms. The van der Waals surface area contributed by atoms with E-state index in [9.17, 15) is 4.79 Å². The quantitative estimate of drug-likeness (QED) is 0.833. The van der Waals surface area contributed by atoms with Crippen LogP contribution < -0.4 is 0 Å². The molecular formula is C8H8N4O2S. The van der Waals surface area contributed by atoms with Crippen molar-refractivity contribution < 1.29 is 9.90 Å². The van der Waals surface area contributed by atoms with Crippen LogP contribution in [0.2, 0.25) is 0 Å². The Kier molecular flexibility index (Phi) is 2.46. The molecule has 2 aromatic heterocycles. The molecule has 0 aliphatic rings. The highest BCUT2D eigenvalue weighted by atomic mass is 32.1. The first-order valence-electron chi connectivity index (χ1n) is 4.19. The fourth-order valence-electron chi connectivity index (χ4n) is 1.22. The van der Waals surface area contributed by atoms with Crippen molar-refractivity contribution in [1.82, 2.24) is 20.2 Å². The molecule has 0 unspecified atom stereocenters. The lowest BCUT2D eigenvalue weighted by Crippen LogP contribution is -2.11. The number of hydrogen-bond acceptors (Lipinski definition) is 5. The van der Waals surface area contributed by atoms with Crippen molar-refractivity contribution in [2.24, 2.45) is 0 Å². The lowest BCUT2D eigenvalue weighted by Gasteiger charge is -1.99. The summed E-state index contributed by atoms with van der Waals surface area (Å²) in [6, 6.07) is 0. The van der Waals surface area contributed by atoms with Crippen LogP contribution in [0.4, 0.5) is 0 Å². The average molecular weight is 224 g/mol. The standard InChI is InChI=1S/C8H8N4O2S/c1-5-3-15-4-6(5)8-9-10-11-12(8)2-7(13)14/h3-4H,2H2,1H3,(H,13,14). The van der Waals surface area contributed by atoms with E-state index in [4.69, 9.17) is 5.11 Å². The largest absolute Gasteiger partial charge is 0.480 e. The second-order valence-electron chi connectivity index (χ2n) is 3.02. The highest BCUT2D eigenvalue weighted by Crippen LogP contribution is 2.23. The van der Waals surface area contributed by atoms with Gasteiger partial charge in [0.2, 0.25) is 0 Å². The van der Waals surface area contributed by atoms with Gasteiger partial charge < -0.3 is 5.11 Å². The summed E-state index contributed by atoms with van der Waals surface area (Å²) < 4.78 is 1.28. The third-order valence-corrected chi connectivity index (χ3v) is 2.77. The molecule has 7 heteroatoms. The Morgan fingerprint density at radius 2 is 2.40 bits per heavy atom. The van der Waals surface area contributed by atoms with E-state index in [0.29, 0.717) is 5.82 Å². The Morgan fingerprint density at radius 3 is 3.00 bits per heavy atom. The number of aliphatic carboxylic acids is 1. The summed E-state index contributed by atoms with van der Waals surface area (Å²) in [7, 11) is 0. The molecule has 0 aromatic carbocycles. The van der Waals surface area contributed by atoms with Crippen LogP contribution in [-0.4, -0.2) is 31.3 Å². The second kappa shape index (κ2) is 3.77. The monoisotopic (exact) mass is 224 g/mol. The van der Waals surface area contributed by atoms with E-state index < -0.39 is 5.97 Å². The van der Waals surface area contributed by atoms with E-state index in [-0.39, 0.29) is 6.54 Å². The molecule has 0 aliphatic heterocycles. The predicted molar refractivity (Wildman–Crippen MR) is 53.5 cm³/mol. The van der Waals surface area contributed by atoms with Crippen LogP contribution in [-0.2, 0) is 11.3 Å². The van der Waals surface area contributed by atoms with E-state index in [1.165, 1.54) is 16.0 Å². The first-order valence-corrected chi connectivity index (χ1v) is 5.14. The number of aromatic nitrogens is 4. The van der Waals surface area contributed by atoms with Crippen molar-refractivity contribution in [3.05, 3.63) is 16.3 Å². The Morgan fingerprint density at radius 1 is 1.60 bits per heavy atom. The minimum Gasteiger partial charge on any atom is -0.480 e. The van der Waals surface area contributed by atoms with Crippen LogP contribution in [0.1, 0.15) is 5.56 Å². The smallest absolute Gasteiger partial charge is 0.325 e. The Hall–Kier alpha value is -1.76. The molecule has 1 N–H and O–H groups in total. The number of thiophene rings is 1. The molecule has 6 nitrogen and oxygen atoms in total. The van der Waals surface area contributed by atoms with Gasteiger partial charge >= 0.3 is 5.97 Å². The van der Waals surface area contributed by atoms with Crippen molar-refractivity contribution in [3.8, 4) is 11.4 Å². The first kappa shape index (κ1) is 9.78. The van der Waals surface area contributed by atoms with Gasteiger partial charge in [-0.1, -0.05) is 0 Å². The maximum Gasteiger partial charge on any atom is 0.325 e. The summed E-state index contributed by atoms with van der Waals surface area (Å²) in [5.74, 6) is -0.465. The molecule has 0 aliphatic carbocycles. The van der Waals surface area contributed by atoms with Crippen molar-refractivity contribution in [3.63, 3.8) is 0 Å². The fourth-order valence-corrected chi connectivity index (χ4v) is 2.05. The Labute approximate surface area is 89.2 Å². The van der Waals surface area contributed by atoms with Crippen LogP contribution in [0.5, 0.6) is 0 Å². The number of nitrogens with zero attached hydrogens (tertiary/aromatic N) is 4. The van der Waals surface area contributed by atoms with Gasteiger partial charge in [0.1, 0.15) is 6.54 Å². The first-order chi connectivity index (χ1) is 7.18. The number of hydrogen-bond donors (Lipinski definition) is 1. The van der Waals surface area contributed by atoms with Gasteiger partial charge in [0.15, 0.2) is 5.82 Å². The molecule has 2 aromatic rings. The fraction of sp³-hybridized carbons (Fsp3) is 0.250. The van der Waals surface area contributed by atoms with Gasteiger partial charge in [-0.3, -0.25) is 4.79 Å². The molecule has 78 valence electrons. The minimum atomic E-state index is -0.962. The Bertz CT molecular complexity index is 490. The van der Waals surface area contributed by atoms with Gasteiger partial charge in [0.05, 0.1) is 0 Å². The zero-order valence-electron chi connectivity index (χ0n) is 7.91. The maximum atomic E-state index is 10.6. The van der Waals surface area contributed by atoms with Gasteiger partial charge in [-0.2, -0.15) is 11.3 Å². The summed E-state index contributed by atoms with van der Waals surface area (Å²) in [4.78, 5) is 10.6. The van der Waals surface area contributed by atoms with Crippen LogP contribution in [0.3, 0.4) is 0 Å².